The number of hydrogen-bond acceptors (Lipinski definition) is 5. The Bertz CT molecular complexity index is 504. The Labute approximate surface area is 146 Å². The van der Waals surface area contributed by atoms with Crippen LogP contribution in [0, 0.1) is 0 Å². The number of halogens is 1. The van der Waals surface area contributed by atoms with Crippen molar-refractivity contribution in [2.45, 2.75) is 38.3 Å². The molecule has 0 bridgehead atoms. The molecule has 1 heterocycles. The van der Waals surface area contributed by atoms with Gasteiger partial charge in [0, 0.05) is 39.1 Å². The first-order valence-corrected chi connectivity index (χ1v) is 8.87. The van der Waals surface area contributed by atoms with E-state index in [0.717, 1.165) is 28.0 Å². The van der Waals surface area contributed by atoms with Crippen LogP contribution < -0.4 is 14.8 Å². The van der Waals surface area contributed by atoms with E-state index in [1.807, 2.05) is 12.1 Å². The van der Waals surface area contributed by atoms with E-state index >= 15 is 0 Å². The van der Waals surface area contributed by atoms with Crippen LogP contribution in [0.25, 0.3) is 0 Å². The topological polar surface area (TPSA) is 60.0 Å². The van der Waals surface area contributed by atoms with Crippen LogP contribution in [-0.4, -0.2) is 44.2 Å². The molecule has 0 radical (unpaired) electrons. The summed E-state index contributed by atoms with van der Waals surface area (Å²) in [5, 5.41) is 13.8. The maximum atomic E-state index is 10.4. The average molecular weight is 388 g/mol. The summed E-state index contributed by atoms with van der Waals surface area (Å²) >= 11 is 3.55. The quantitative estimate of drug-likeness (QED) is 0.717. The zero-order valence-corrected chi connectivity index (χ0v) is 15.4. The molecular weight excluding hydrogens is 362 g/mol. The van der Waals surface area contributed by atoms with Crippen molar-refractivity contribution in [3.05, 3.63) is 22.2 Å². The summed E-state index contributed by atoms with van der Waals surface area (Å²) in [5.74, 6) is 1.45. The van der Waals surface area contributed by atoms with Gasteiger partial charge in [0.05, 0.1) is 23.8 Å². The number of rotatable bonds is 8. The third-order valence-corrected chi connectivity index (χ3v) is 4.54. The molecule has 0 aromatic heterocycles. The van der Waals surface area contributed by atoms with Gasteiger partial charge < -0.3 is 24.6 Å². The Balaban J connectivity index is 1.95. The lowest BCUT2D eigenvalue weighted by Gasteiger charge is -2.32. The van der Waals surface area contributed by atoms with Gasteiger partial charge in [-0.05, 0) is 40.0 Å². The molecule has 1 aromatic carbocycles. The number of hydrogen-bond donors (Lipinski definition) is 2. The van der Waals surface area contributed by atoms with Crippen LogP contribution in [0.15, 0.2) is 16.6 Å². The van der Waals surface area contributed by atoms with Crippen molar-refractivity contribution in [2.24, 2.45) is 0 Å². The highest BCUT2D eigenvalue weighted by Crippen LogP contribution is 2.36. The second-order valence-corrected chi connectivity index (χ2v) is 6.75. The summed E-state index contributed by atoms with van der Waals surface area (Å²) in [7, 11) is 1.64. The lowest BCUT2D eigenvalue weighted by atomic mass is 9.94. The van der Waals surface area contributed by atoms with Crippen molar-refractivity contribution in [3.8, 4) is 11.5 Å². The molecule has 130 valence electrons. The third-order valence-electron chi connectivity index (χ3n) is 3.95. The fourth-order valence-corrected chi connectivity index (χ4v) is 3.19. The van der Waals surface area contributed by atoms with Gasteiger partial charge in [0.25, 0.3) is 0 Å². The molecule has 1 aliphatic rings. The zero-order valence-electron chi connectivity index (χ0n) is 13.9. The number of methoxy groups -OCH3 is 1. The van der Waals surface area contributed by atoms with Crippen molar-refractivity contribution in [2.75, 3.05) is 33.5 Å². The third kappa shape index (κ3) is 5.35. The van der Waals surface area contributed by atoms with Gasteiger partial charge in [0.2, 0.25) is 0 Å². The molecule has 2 N–H and O–H groups in total. The SMILES string of the molecule is CCCOc1c(Br)cc(CNCC2(O)CCOCC2)cc1OC. The second-order valence-electron chi connectivity index (χ2n) is 5.90. The number of aliphatic hydroxyl groups is 1. The van der Waals surface area contributed by atoms with Crippen molar-refractivity contribution in [1.29, 1.82) is 0 Å². The standard InChI is InChI=1S/C17H26BrNO4/c1-3-6-23-16-14(18)9-13(10-15(16)21-2)11-19-12-17(20)4-7-22-8-5-17/h9-10,19-20H,3-8,11-12H2,1-2H3. The summed E-state index contributed by atoms with van der Waals surface area (Å²) < 4.78 is 17.3. The van der Waals surface area contributed by atoms with Crippen molar-refractivity contribution < 1.29 is 19.3 Å². The molecular formula is C17H26BrNO4. The van der Waals surface area contributed by atoms with Gasteiger partial charge in [-0.25, -0.2) is 0 Å². The predicted molar refractivity (Wildman–Crippen MR) is 93.2 cm³/mol. The molecule has 0 atom stereocenters. The zero-order chi connectivity index (χ0) is 16.7. The summed E-state index contributed by atoms with van der Waals surface area (Å²) in [6.07, 6.45) is 2.30. The van der Waals surface area contributed by atoms with E-state index in [1.54, 1.807) is 7.11 Å². The van der Waals surface area contributed by atoms with Crippen LogP contribution in [0.4, 0.5) is 0 Å². The molecule has 5 nitrogen and oxygen atoms in total. The highest BCUT2D eigenvalue weighted by molar-refractivity contribution is 9.10. The second kappa shape index (κ2) is 8.87. The van der Waals surface area contributed by atoms with Gasteiger partial charge >= 0.3 is 0 Å². The van der Waals surface area contributed by atoms with E-state index in [9.17, 15) is 5.11 Å². The van der Waals surface area contributed by atoms with Crippen LogP contribution in [0.3, 0.4) is 0 Å². The van der Waals surface area contributed by atoms with E-state index in [0.29, 0.717) is 45.8 Å². The monoisotopic (exact) mass is 387 g/mol. The summed E-state index contributed by atoms with van der Waals surface area (Å²) in [6.45, 7) is 5.19. The van der Waals surface area contributed by atoms with Crippen LogP contribution >= 0.6 is 15.9 Å². The lowest BCUT2D eigenvalue weighted by molar-refractivity contribution is -0.0617. The van der Waals surface area contributed by atoms with Gasteiger partial charge in [0.1, 0.15) is 0 Å². The molecule has 0 amide bonds. The minimum atomic E-state index is -0.663. The Hall–Kier alpha value is -0.820. The molecule has 2 rings (SSSR count). The predicted octanol–water partition coefficient (Wildman–Crippen LogP) is 2.88. The van der Waals surface area contributed by atoms with Gasteiger partial charge in [0.15, 0.2) is 11.5 Å². The molecule has 0 aliphatic carbocycles. The number of nitrogens with one attached hydrogen (secondary N) is 1. The molecule has 1 saturated heterocycles. The first-order valence-electron chi connectivity index (χ1n) is 8.08. The smallest absolute Gasteiger partial charge is 0.175 e. The Morgan fingerprint density at radius 2 is 2.09 bits per heavy atom. The van der Waals surface area contributed by atoms with E-state index in [-0.39, 0.29) is 0 Å². The minimum Gasteiger partial charge on any atom is -0.493 e. The van der Waals surface area contributed by atoms with Crippen LogP contribution in [0.2, 0.25) is 0 Å². The van der Waals surface area contributed by atoms with E-state index < -0.39 is 5.60 Å². The highest BCUT2D eigenvalue weighted by Gasteiger charge is 2.29. The van der Waals surface area contributed by atoms with Gasteiger partial charge in [-0.1, -0.05) is 6.92 Å². The van der Waals surface area contributed by atoms with Crippen molar-refractivity contribution in [3.63, 3.8) is 0 Å². The van der Waals surface area contributed by atoms with Crippen LogP contribution in [0.5, 0.6) is 11.5 Å². The largest absolute Gasteiger partial charge is 0.493 e. The number of benzene rings is 1. The van der Waals surface area contributed by atoms with Gasteiger partial charge in [-0.2, -0.15) is 0 Å². The van der Waals surface area contributed by atoms with Crippen molar-refractivity contribution in [1.82, 2.24) is 5.32 Å². The van der Waals surface area contributed by atoms with Crippen LogP contribution in [0.1, 0.15) is 31.7 Å². The lowest BCUT2D eigenvalue weighted by Crippen LogP contribution is -2.44. The summed E-state index contributed by atoms with van der Waals surface area (Å²) in [5.41, 5.74) is 0.414. The average Bonchev–Trinajstić information content (AvgIpc) is 2.54. The molecule has 0 spiro atoms. The van der Waals surface area contributed by atoms with E-state index in [1.165, 1.54) is 0 Å². The Morgan fingerprint density at radius 3 is 2.74 bits per heavy atom. The fraction of sp³-hybridized carbons (Fsp3) is 0.647. The van der Waals surface area contributed by atoms with Gasteiger partial charge in [-0.15, -0.1) is 0 Å². The normalized spacial score (nSPS) is 17.0. The molecule has 23 heavy (non-hydrogen) atoms. The molecule has 6 heteroatoms. The maximum Gasteiger partial charge on any atom is 0.175 e. The summed E-state index contributed by atoms with van der Waals surface area (Å²) in [4.78, 5) is 0. The highest BCUT2D eigenvalue weighted by atomic mass is 79.9. The van der Waals surface area contributed by atoms with Crippen molar-refractivity contribution >= 4 is 15.9 Å². The number of ether oxygens (including phenoxy) is 3. The Morgan fingerprint density at radius 1 is 1.35 bits per heavy atom. The molecule has 1 aliphatic heterocycles. The van der Waals surface area contributed by atoms with Crippen LogP contribution in [-0.2, 0) is 11.3 Å². The first-order chi connectivity index (χ1) is 11.1. The molecule has 0 unspecified atom stereocenters. The summed E-state index contributed by atoms with van der Waals surface area (Å²) in [6, 6.07) is 3.99. The fourth-order valence-electron chi connectivity index (χ4n) is 2.59. The van der Waals surface area contributed by atoms with Gasteiger partial charge in [-0.3, -0.25) is 0 Å². The van der Waals surface area contributed by atoms with E-state index in [2.05, 4.69) is 28.2 Å². The van der Waals surface area contributed by atoms with E-state index in [4.69, 9.17) is 14.2 Å². The Kier molecular flexibility index (Phi) is 7.14. The maximum absolute atomic E-state index is 10.4. The molecule has 1 aromatic rings. The minimum absolute atomic E-state index is 0.560. The molecule has 0 saturated carbocycles. The first kappa shape index (κ1) is 18.5. The molecule has 1 fully saturated rings.